The summed E-state index contributed by atoms with van der Waals surface area (Å²) in [7, 11) is 3.19. The van der Waals surface area contributed by atoms with Gasteiger partial charge in [-0.3, -0.25) is 19.1 Å². The summed E-state index contributed by atoms with van der Waals surface area (Å²) in [6, 6.07) is 15.3. The van der Waals surface area contributed by atoms with E-state index in [1.165, 1.54) is 21.6 Å². The summed E-state index contributed by atoms with van der Waals surface area (Å²) in [5, 5.41) is 0. The molecule has 1 amide bonds. The Morgan fingerprint density at radius 2 is 1.82 bits per heavy atom. The lowest BCUT2D eigenvalue weighted by Gasteiger charge is -2.30. The highest BCUT2D eigenvalue weighted by Gasteiger charge is 2.36. The van der Waals surface area contributed by atoms with Gasteiger partial charge in [0.25, 0.3) is 11.5 Å². The summed E-state index contributed by atoms with van der Waals surface area (Å²) in [5.74, 6) is -1.30. The van der Waals surface area contributed by atoms with Gasteiger partial charge in [0.15, 0.2) is 23.2 Å². The molecular formula is C30H28FN3O6. The molecule has 0 bridgehead atoms. The molecule has 9 nitrogen and oxygen atoms in total. The monoisotopic (exact) mass is 545 g/mol. The second kappa shape index (κ2) is 11.2. The lowest BCUT2D eigenvalue weighted by molar-refractivity contribution is -0.137. The Morgan fingerprint density at radius 3 is 2.50 bits per heavy atom. The first kappa shape index (κ1) is 26.9. The van der Waals surface area contributed by atoms with E-state index in [9.17, 15) is 18.8 Å². The number of carbonyl (C=O) groups excluding carboxylic acids is 2. The van der Waals surface area contributed by atoms with Gasteiger partial charge in [-0.1, -0.05) is 42.5 Å². The molecule has 0 radical (unpaired) electrons. The first-order valence-electron chi connectivity index (χ1n) is 12.8. The van der Waals surface area contributed by atoms with Gasteiger partial charge in [0.2, 0.25) is 0 Å². The van der Waals surface area contributed by atoms with Crippen molar-refractivity contribution >= 4 is 22.9 Å². The lowest BCUT2D eigenvalue weighted by atomic mass is 10.0. The quantitative estimate of drug-likeness (QED) is 0.311. The first-order valence-corrected chi connectivity index (χ1v) is 12.8. The third-order valence-electron chi connectivity index (χ3n) is 6.59. The SMILES string of the molecule is CCOC(=O)c1c(OCc2ccccc2)c2ncc(Cc3ccc(F)cc3)c3c2n(c1=O)CC(C(=O)N(C)C)O3. The number of pyridine rings is 2. The Hall–Kier alpha value is -4.73. The normalized spacial score (nSPS) is 13.9. The van der Waals surface area contributed by atoms with Crippen LogP contribution in [-0.2, 0) is 29.1 Å². The third kappa shape index (κ3) is 5.12. The van der Waals surface area contributed by atoms with Crippen LogP contribution in [0.15, 0.2) is 65.6 Å². The van der Waals surface area contributed by atoms with E-state index in [2.05, 4.69) is 4.98 Å². The molecule has 206 valence electrons. The summed E-state index contributed by atoms with van der Waals surface area (Å²) in [4.78, 5) is 46.0. The van der Waals surface area contributed by atoms with Crippen molar-refractivity contribution < 1.29 is 28.2 Å². The topological polar surface area (TPSA) is 100.0 Å². The van der Waals surface area contributed by atoms with Crippen LogP contribution in [0.4, 0.5) is 4.39 Å². The van der Waals surface area contributed by atoms with Crippen molar-refractivity contribution in [2.45, 2.75) is 32.6 Å². The molecule has 0 fully saturated rings. The number of hydrogen-bond donors (Lipinski definition) is 0. The van der Waals surface area contributed by atoms with Crippen LogP contribution in [-0.4, -0.2) is 53.1 Å². The molecule has 0 spiro atoms. The molecule has 40 heavy (non-hydrogen) atoms. The molecule has 1 unspecified atom stereocenters. The number of likely N-dealkylation sites (N-methyl/N-ethyl adjacent to an activating group) is 1. The number of amides is 1. The van der Waals surface area contributed by atoms with Crippen LogP contribution in [0.1, 0.15) is 34.0 Å². The summed E-state index contributed by atoms with van der Waals surface area (Å²) in [6.45, 7) is 1.63. The molecule has 0 saturated carbocycles. The number of esters is 1. The number of ether oxygens (including phenoxy) is 3. The van der Waals surface area contributed by atoms with Gasteiger partial charge >= 0.3 is 5.97 Å². The van der Waals surface area contributed by atoms with E-state index in [0.29, 0.717) is 17.5 Å². The Morgan fingerprint density at radius 1 is 1.10 bits per heavy atom. The third-order valence-corrected chi connectivity index (χ3v) is 6.59. The molecule has 10 heteroatoms. The van der Waals surface area contributed by atoms with E-state index < -0.39 is 17.6 Å². The van der Waals surface area contributed by atoms with Crippen LogP contribution in [0.3, 0.4) is 0 Å². The summed E-state index contributed by atoms with van der Waals surface area (Å²) in [5.41, 5.74) is 1.75. The predicted octanol–water partition coefficient (Wildman–Crippen LogP) is 3.73. The number of carbonyl (C=O) groups is 2. The van der Waals surface area contributed by atoms with Crippen LogP contribution >= 0.6 is 0 Å². The fraction of sp³-hybridized carbons (Fsp3) is 0.267. The number of nitrogens with zero attached hydrogens (tertiary/aromatic N) is 3. The van der Waals surface area contributed by atoms with Crippen molar-refractivity contribution in [1.29, 1.82) is 0 Å². The molecule has 0 aliphatic carbocycles. The Kier molecular flexibility index (Phi) is 7.50. The molecule has 4 aromatic rings. The molecule has 5 rings (SSSR count). The molecular weight excluding hydrogens is 517 g/mol. The van der Waals surface area contributed by atoms with E-state index >= 15 is 0 Å². The standard InChI is InChI=1S/C30H28FN3O6/c1-4-38-30(37)23-27(39-17-19-8-6-5-7-9-19)24-25-26(20(15-32-24)14-18-10-12-21(31)13-11-18)40-22(28(35)33(2)3)16-34(25)29(23)36/h5-13,15,22H,4,14,16-17H2,1-3H3. The van der Waals surface area contributed by atoms with Crippen LogP contribution < -0.4 is 15.0 Å². The van der Waals surface area contributed by atoms with Gasteiger partial charge in [0.1, 0.15) is 23.5 Å². The average molecular weight is 546 g/mol. The maximum Gasteiger partial charge on any atom is 0.347 e. The largest absolute Gasteiger partial charge is 0.485 e. The van der Waals surface area contributed by atoms with E-state index in [4.69, 9.17) is 14.2 Å². The molecule has 0 N–H and O–H groups in total. The van der Waals surface area contributed by atoms with Crippen LogP contribution in [0, 0.1) is 5.82 Å². The molecule has 1 aliphatic rings. The van der Waals surface area contributed by atoms with Crippen molar-refractivity contribution in [2.75, 3.05) is 20.7 Å². The van der Waals surface area contributed by atoms with Gasteiger partial charge in [0.05, 0.1) is 13.2 Å². The maximum atomic E-state index is 13.9. The fourth-order valence-electron chi connectivity index (χ4n) is 4.66. The lowest BCUT2D eigenvalue weighted by Crippen LogP contribution is -2.45. The van der Waals surface area contributed by atoms with Gasteiger partial charge in [-0.05, 0) is 30.2 Å². The van der Waals surface area contributed by atoms with Crippen molar-refractivity contribution in [3.63, 3.8) is 0 Å². The first-order chi connectivity index (χ1) is 19.3. The zero-order valence-electron chi connectivity index (χ0n) is 22.3. The Balaban J connectivity index is 1.72. The molecule has 2 aromatic carbocycles. The molecule has 1 aliphatic heterocycles. The number of rotatable bonds is 8. The zero-order valence-corrected chi connectivity index (χ0v) is 22.3. The van der Waals surface area contributed by atoms with Crippen LogP contribution in [0.5, 0.6) is 11.5 Å². The van der Waals surface area contributed by atoms with Crippen molar-refractivity contribution in [3.8, 4) is 11.5 Å². The summed E-state index contributed by atoms with van der Waals surface area (Å²) < 4.78 is 32.4. The van der Waals surface area contributed by atoms with Crippen LogP contribution in [0.2, 0.25) is 0 Å². The van der Waals surface area contributed by atoms with E-state index in [1.807, 2.05) is 30.3 Å². The zero-order chi connectivity index (χ0) is 28.4. The smallest absolute Gasteiger partial charge is 0.347 e. The van der Waals surface area contributed by atoms with E-state index in [0.717, 1.165) is 11.1 Å². The molecule has 1 atom stereocenters. The van der Waals surface area contributed by atoms with Gasteiger partial charge in [-0.25, -0.2) is 9.18 Å². The minimum atomic E-state index is -1.02. The minimum Gasteiger partial charge on any atom is -0.485 e. The minimum absolute atomic E-state index is 0.0193. The van der Waals surface area contributed by atoms with Crippen molar-refractivity contribution in [2.24, 2.45) is 0 Å². The fourth-order valence-corrected chi connectivity index (χ4v) is 4.66. The highest BCUT2D eigenvalue weighted by atomic mass is 19.1. The Labute approximate surface area is 229 Å². The number of halogens is 1. The highest BCUT2D eigenvalue weighted by molar-refractivity contribution is 6.00. The number of aromatic nitrogens is 2. The van der Waals surface area contributed by atoms with Gasteiger partial charge < -0.3 is 19.1 Å². The predicted molar refractivity (Wildman–Crippen MR) is 145 cm³/mol. The van der Waals surface area contributed by atoms with Gasteiger partial charge in [-0.2, -0.15) is 0 Å². The van der Waals surface area contributed by atoms with Crippen LogP contribution in [0.25, 0.3) is 11.0 Å². The Bertz CT molecular complexity index is 1630. The maximum absolute atomic E-state index is 13.9. The molecule has 3 heterocycles. The number of hydrogen-bond acceptors (Lipinski definition) is 7. The van der Waals surface area contributed by atoms with Gasteiger partial charge in [0, 0.05) is 32.3 Å². The average Bonchev–Trinajstić information content (AvgIpc) is 2.95. The summed E-state index contributed by atoms with van der Waals surface area (Å²) >= 11 is 0. The van der Waals surface area contributed by atoms with E-state index in [-0.39, 0.29) is 54.1 Å². The van der Waals surface area contributed by atoms with E-state index in [1.54, 1.807) is 39.3 Å². The van der Waals surface area contributed by atoms with Gasteiger partial charge in [-0.15, -0.1) is 0 Å². The van der Waals surface area contributed by atoms with Crippen molar-refractivity contribution in [1.82, 2.24) is 14.5 Å². The van der Waals surface area contributed by atoms with Crippen molar-refractivity contribution in [3.05, 3.63) is 99.2 Å². The number of benzene rings is 2. The molecule has 0 saturated heterocycles. The molecule has 2 aromatic heterocycles. The summed E-state index contributed by atoms with van der Waals surface area (Å²) in [6.07, 6.45) is 0.835. The second-order valence-corrected chi connectivity index (χ2v) is 9.57. The highest BCUT2D eigenvalue weighted by Crippen LogP contribution is 2.39. The second-order valence-electron chi connectivity index (χ2n) is 9.57.